The molecule has 1 saturated carbocycles. The molecule has 1 amide bonds. The van der Waals surface area contributed by atoms with Crippen LogP contribution >= 0.6 is 0 Å². The summed E-state index contributed by atoms with van der Waals surface area (Å²) in [5, 5.41) is 0. The molecule has 9 heavy (non-hydrogen) atoms. The minimum Gasteiger partial charge on any atom is -0.370 e. The molecule has 1 aliphatic rings. The Balaban J connectivity index is 2.37. The van der Waals surface area contributed by atoms with Gasteiger partial charge in [-0.15, -0.1) is 0 Å². The molecule has 3 heteroatoms. The quantitative estimate of drug-likeness (QED) is 0.531. The number of hydrogen-bond acceptors (Lipinski definition) is 2. The van der Waals surface area contributed by atoms with Crippen molar-refractivity contribution in [2.75, 3.05) is 0 Å². The summed E-state index contributed by atoms with van der Waals surface area (Å²) in [6, 6.07) is 0. The number of carbonyl (C=O) groups excluding carboxylic acids is 1. The third-order valence-corrected chi connectivity index (χ3v) is 2.01. The fourth-order valence-electron chi connectivity index (χ4n) is 1.08. The summed E-state index contributed by atoms with van der Waals surface area (Å²) in [6.45, 7) is 2.03. The van der Waals surface area contributed by atoms with Crippen LogP contribution in [0, 0.1) is 5.92 Å². The molecule has 0 aromatic carbocycles. The monoisotopic (exact) mass is 128 g/mol. The maximum atomic E-state index is 10.3. The summed E-state index contributed by atoms with van der Waals surface area (Å²) in [6.07, 6.45) is 1.28. The molecule has 4 N–H and O–H groups in total. The number of primary amides is 1. The molecule has 0 bridgehead atoms. The van der Waals surface area contributed by atoms with Crippen LogP contribution in [0.4, 0.5) is 0 Å². The number of nitrogens with two attached hydrogens (primary N) is 2. The highest BCUT2D eigenvalue weighted by atomic mass is 16.1. The molecule has 1 rings (SSSR count). The summed E-state index contributed by atoms with van der Waals surface area (Å²) >= 11 is 0. The molecule has 0 aromatic rings. The van der Waals surface area contributed by atoms with Gasteiger partial charge in [0.25, 0.3) is 0 Å². The third kappa shape index (κ3) is 1.21. The molecule has 0 saturated heterocycles. The van der Waals surface area contributed by atoms with Crippen molar-refractivity contribution in [1.29, 1.82) is 0 Å². The lowest BCUT2D eigenvalue weighted by atomic mass is 10.1. The molecule has 1 fully saturated rings. The van der Waals surface area contributed by atoms with Crippen LogP contribution in [-0.4, -0.2) is 11.4 Å². The van der Waals surface area contributed by atoms with Crippen LogP contribution in [0.5, 0.6) is 0 Å². The van der Waals surface area contributed by atoms with Crippen LogP contribution in [0.1, 0.15) is 19.8 Å². The average molecular weight is 128 g/mol. The minimum atomic E-state index is -0.290. The van der Waals surface area contributed by atoms with Gasteiger partial charge in [0.2, 0.25) is 5.91 Å². The van der Waals surface area contributed by atoms with Gasteiger partial charge in [-0.05, 0) is 12.3 Å². The van der Waals surface area contributed by atoms with Crippen molar-refractivity contribution in [2.45, 2.75) is 25.3 Å². The van der Waals surface area contributed by atoms with E-state index in [2.05, 4.69) is 0 Å². The lowest BCUT2D eigenvalue weighted by molar-refractivity contribution is -0.118. The topological polar surface area (TPSA) is 69.1 Å². The molecule has 0 heterocycles. The molecule has 2 atom stereocenters. The Labute approximate surface area is 54.4 Å². The zero-order valence-corrected chi connectivity index (χ0v) is 5.55. The lowest BCUT2D eigenvalue weighted by Gasteiger charge is -2.04. The van der Waals surface area contributed by atoms with E-state index in [-0.39, 0.29) is 11.4 Å². The van der Waals surface area contributed by atoms with E-state index in [0.29, 0.717) is 12.3 Å². The Kier molecular flexibility index (Phi) is 1.24. The van der Waals surface area contributed by atoms with Gasteiger partial charge in [-0.2, -0.15) is 0 Å². The summed E-state index contributed by atoms with van der Waals surface area (Å²) in [4.78, 5) is 10.3. The van der Waals surface area contributed by atoms with Gasteiger partial charge in [0.05, 0.1) is 0 Å². The van der Waals surface area contributed by atoms with Crippen LogP contribution in [0.3, 0.4) is 0 Å². The zero-order chi connectivity index (χ0) is 7.07. The lowest BCUT2D eigenvalue weighted by Crippen LogP contribution is -2.30. The highest BCUT2D eigenvalue weighted by molar-refractivity contribution is 5.75. The van der Waals surface area contributed by atoms with E-state index >= 15 is 0 Å². The largest absolute Gasteiger partial charge is 0.370 e. The fraction of sp³-hybridized carbons (Fsp3) is 0.833. The second kappa shape index (κ2) is 1.70. The fourth-order valence-corrected chi connectivity index (χ4v) is 1.08. The molecule has 0 aromatic heterocycles. The van der Waals surface area contributed by atoms with E-state index in [4.69, 9.17) is 11.5 Å². The summed E-state index contributed by atoms with van der Waals surface area (Å²) in [5.41, 5.74) is 10.4. The normalized spacial score (nSPS) is 40.4. The van der Waals surface area contributed by atoms with Gasteiger partial charge < -0.3 is 11.5 Å². The highest BCUT2D eigenvalue weighted by Gasteiger charge is 2.48. The summed E-state index contributed by atoms with van der Waals surface area (Å²) in [5.74, 6) is 0.187. The number of hydrogen-bond donors (Lipinski definition) is 2. The van der Waals surface area contributed by atoms with E-state index < -0.39 is 0 Å². The van der Waals surface area contributed by atoms with Crippen LogP contribution in [0.2, 0.25) is 0 Å². The SMILES string of the molecule is CC1CC1(N)CC(N)=O. The van der Waals surface area contributed by atoms with E-state index in [1.54, 1.807) is 0 Å². The summed E-state index contributed by atoms with van der Waals surface area (Å²) in [7, 11) is 0. The number of amides is 1. The second-order valence-electron chi connectivity index (χ2n) is 2.98. The minimum absolute atomic E-state index is 0.244. The first-order valence-corrected chi connectivity index (χ1v) is 3.12. The standard InChI is InChI=1S/C6H12N2O/c1-4-2-6(4,8)3-5(7)9/h4H,2-3,8H2,1H3,(H2,7,9). The van der Waals surface area contributed by atoms with Gasteiger partial charge in [0.15, 0.2) is 0 Å². The first-order valence-electron chi connectivity index (χ1n) is 3.12. The van der Waals surface area contributed by atoms with Crippen molar-refractivity contribution in [3.63, 3.8) is 0 Å². The van der Waals surface area contributed by atoms with Crippen molar-refractivity contribution < 1.29 is 4.79 Å². The Hall–Kier alpha value is -0.570. The maximum absolute atomic E-state index is 10.3. The van der Waals surface area contributed by atoms with E-state index in [9.17, 15) is 4.79 Å². The predicted molar refractivity (Wildman–Crippen MR) is 34.5 cm³/mol. The van der Waals surface area contributed by atoms with Gasteiger partial charge in [0, 0.05) is 12.0 Å². The van der Waals surface area contributed by atoms with Crippen LogP contribution in [-0.2, 0) is 4.79 Å². The Morgan fingerprint density at radius 3 is 2.44 bits per heavy atom. The molecule has 1 aliphatic carbocycles. The first kappa shape index (κ1) is 6.55. The second-order valence-corrected chi connectivity index (χ2v) is 2.98. The maximum Gasteiger partial charge on any atom is 0.219 e. The predicted octanol–water partition coefficient (Wildman–Crippen LogP) is -0.401. The van der Waals surface area contributed by atoms with E-state index in [1.165, 1.54) is 0 Å². The molecular weight excluding hydrogens is 116 g/mol. The van der Waals surface area contributed by atoms with Crippen molar-refractivity contribution >= 4 is 5.91 Å². The van der Waals surface area contributed by atoms with Gasteiger partial charge >= 0.3 is 0 Å². The Morgan fingerprint density at radius 1 is 1.89 bits per heavy atom. The van der Waals surface area contributed by atoms with Crippen LogP contribution in [0.25, 0.3) is 0 Å². The molecule has 52 valence electrons. The Bertz CT molecular complexity index is 146. The molecular formula is C6H12N2O. The number of rotatable bonds is 2. The molecule has 3 nitrogen and oxygen atoms in total. The summed E-state index contributed by atoms with van der Waals surface area (Å²) < 4.78 is 0. The Morgan fingerprint density at radius 2 is 2.33 bits per heavy atom. The van der Waals surface area contributed by atoms with E-state index in [1.807, 2.05) is 6.92 Å². The molecule has 2 unspecified atom stereocenters. The highest BCUT2D eigenvalue weighted by Crippen LogP contribution is 2.42. The van der Waals surface area contributed by atoms with Gasteiger partial charge in [0.1, 0.15) is 0 Å². The zero-order valence-electron chi connectivity index (χ0n) is 5.55. The smallest absolute Gasteiger partial charge is 0.219 e. The van der Waals surface area contributed by atoms with Crippen LogP contribution < -0.4 is 11.5 Å². The van der Waals surface area contributed by atoms with Gasteiger partial charge in [-0.3, -0.25) is 4.79 Å². The molecule has 0 radical (unpaired) electrons. The van der Waals surface area contributed by atoms with E-state index in [0.717, 1.165) is 6.42 Å². The van der Waals surface area contributed by atoms with Gasteiger partial charge in [-0.25, -0.2) is 0 Å². The van der Waals surface area contributed by atoms with Crippen molar-refractivity contribution in [1.82, 2.24) is 0 Å². The third-order valence-electron chi connectivity index (χ3n) is 2.01. The van der Waals surface area contributed by atoms with Crippen molar-refractivity contribution in [3.8, 4) is 0 Å². The average Bonchev–Trinajstić information content (AvgIpc) is 2.10. The van der Waals surface area contributed by atoms with Gasteiger partial charge in [-0.1, -0.05) is 6.92 Å². The number of carbonyl (C=O) groups is 1. The molecule has 0 aliphatic heterocycles. The van der Waals surface area contributed by atoms with Crippen molar-refractivity contribution in [3.05, 3.63) is 0 Å². The molecule has 0 spiro atoms. The van der Waals surface area contributed by atoms with Crippen LogP contribution in [0.15, 0.2) is 0 Å². The van der Waals surface area contributed by atoms with Crippen molar-refractivity contribution in [2.24, 2.45) is 17.4 Å². The first-order chi connectivity index (χ1) is 4.04.